The molecule has 0 bridgehead atoms. The zero-order valence-electron chi connectivity index (χ0n) is 11.2. The van der Waals surface area contributed by atoms with Crippen LogP contribution in [-0.4, -0.2) is 22.8 Å². The number of hydrogen-bond donors (Lipinski definition) is 1. The Morgan fingerprint density at radius 3 is 2.67 bits per heavy atom. The van der Waals surface area contributed by atoms with Gasteiger partial charge in [-0.15, -0.1) is 0 Å². The van der Waals surface area contributed by atoms with Crippen molar-refractivity contribution < 1.29 is 9.53 Å². The van der Waals surface area contributed by atoms with E-state index in [0.717, 1.165) is 17.8 Å². The van der Waals surface area contributed by atoms with Crippen molar-refractivity contribution in [2.75, 3.05) is 0 Å². The first-order chi connectivity index (χ1) is 8.72. The van der Waals surface area contributed by atoms with Gasteiger partial charge in [-0.1, -0.05) is 19.3 Å². The fraction of sp³-hybridized carbons (Fsp3) is 0.714. The van der Waals surface area contributed by atoms with E-state index in [1.165, 1.54) is 37.7 Å². The van der Waals surface area contributed by atoms with E-state index in [2.05, 4.69) is 10.2 Å². The van der Waals surface area contributed by atoms with Crippen molar-refractivity contribution in [3.8, 4) is 0 Å². The molecule has 1 aliphatic rings. The summed E-state index contributed by atoms with van der Waals surface area (Å²) >= 11 is 0. The molecular weight excluding hydrogens is 228 g/mol. The molecule has 0 spiro atoms. The molecule has 1 heterocycles. The van der Waals surface area contributed by atoms with Crippen LogP contribution >= 0.6 is 0 Å². The number of carbonyl (C=O) groups is 1. The van der Waals surface area contributed by atoms with Crippen LogP contribution in [0.2, 0.25) is 0 Å². The molecule has 4 nitrogen and oxygen atoms in total. The first-order valence-corrected chi connectivity index (χ1v) is 6.82. The molecule has 1 aromatic heterocycles. The third-order valence-electron chi connectivity index (χ3n) is 4.09. The monoisotopic (exact) mass is 250 g/mol. The number of nitrogens with one attached hydrogen (secondary N) is 1. The maximum Gasteiger partial charge on any atom is 0.293 e. The summed E-state index contributed by atoms with van der Waals surface area (Å²) in [6, 6.07) is 0. The van der Waals surface area contributed by atoms with Crippen LogP contribution in [0, 0.1) is 19.8 Å². The van der Waals surface area contributed by atoms with E-state index in [1.807, 2.05) is 13.8 Å². The van der Waals surface area contributed by atoms with Crippen molar-refractivity contribution in [3.63, 3.8) is 0 Å². The number of H-pyrrole nitrogens is 1. The summed E-state index contributed by atoms with van der Waals surface area (Å²) in [5.41, 5.74) is 3.30. The van der Waals surface area contributed by atoms with Crippen LogP contribution in [0.25, 0.3) is 0 Å². The molecule has 1 atom stereocenters. The second kappa shape index (κ2) is 6.03. The molecule has 18 heavy (non-hydrogen) atoms. The van der Waals surface area contributed by atoms with Crippen molar-refractivity contribution >= 4 is 6.47 Å². The molecule has 1 N–H and O–H groups in total. The zero-order chi connectivity index (χ0) is 13.0. The Hall–Kier alpha value is -1.32. The molecule has 1 fully saturated rings. The lowest BCUT2D eigenvalue weighted by molar-refractivity contribution is -0.136. The van der Waals surface area contributed by atoms with Gasteiger partial charge in [-0.3, -0.25) is 9.89 Å². The molecule has 0 aromatic carbocycles. The number of carbonyl (C=O) groups excluding carboxylic acids is 1. The molecule has 1 aliphatic carbocycles. The van der Waals surface area contributed by atoms with E-state index in [0.29, 0.717) is 12.4 Å². The Balaban J connectivity index is 2.07. The molecule has 2 rings (SSSR count). The Morgan fingerprint density at radius 1 is 1.39 bits per heavy atom. The van der Waals surface area contributed by atoms with Crippen LogP contribution < -0.4 is 0 Å². The third kappa shape index (κ3) is 2.92. The van der Waals surface area contributed by atoms with Gasteiger partial charge in [0.2, 0.25) is 0 Å². The van der Waals surface area contributed by atoms with Crippen molar-refractivity contribution in [2.45, 2.75) is 58.5 Å². The van der Waals surface area contributed by atoms with Crippen LogP contribution in [0.5, 0.6) is 0 Å². The molecule has 1 aromatic rings. The Kier molecular flexibility index (Phi) is 4.39. The van der Waals surface area contributed by atoms with Crippen LogP contribution in [0.15, 0.2) is 0 Å². The summed E-state index contributed by atoms with van der Waals surface area (Å²) < 4.78 is 5.34. The van der Waals surface area contributed by atoms with E-state index in [9.17, 15) is 4.79 Å². The quantitative estimate of drug-likeness (QED) is 0.817. The van der Waals surface area contributed by atoms with E-state index < -0.39 is 0 Å². The Bertz CT molecular complexity index is 375. The molecule has 0 aliphatic heterocycles. The predicted molar refractivity (Wildman–Crippen MR) is 69.3 cm³/mol. The highest BCUT2D eigenvalue weighted by molar-refractivity contribution is 5.38. The number of aromatic amines is 1. The molecule has 4 heteroatoms. The number of aromatic nitrogens is 2. The van der Waals surface area contributed by atoms with Gasteiger partial charge in [-0.25, -0.2) is 0 Å². The molecule has 100 valence electrons. The van der Waals surface area contributed by atoms with Gasteiger partial charge in [0, 0.05) is 12.1 Å². The van der Waals surface area contributed by atoms with Gasteiger partial charge in [0.1, 0.15) is 6.10 Å². The molecule has 1 saturated carbocycles. The summed E-state index contributed by atoms with van der Waals surface area (Å²) in [6.07, 6.45) is 6.98. The van der Waals surface area contributed by atoms with E-state index >= 15 is 0 Å². The SMILES string of the molecule is Cc1n[nH]c(C)c1CC(OC=O)C1CCCCC1. The van der Waals surface area contributed by atoms with Gasteiger partial charge in [0.05, 0.1) is 5.69 Å². The molecular formula is C14H22N2O2. The smallest absolute Gasteiger partial charge is 0.293 e. The number of hydrogen-bond acceptors (Lipinski definition) is 3. The summed E-state index contributed by atoms with van der Waals surface area (Å²) in [4.78, 5) is 10.7. The number of rotatable bonds is 5. The first-order valence-electron chi connectivity index (χ1n) is 6.82. The highest BCUT2D eigenvalue weighted by atomic mass is 16.5. The van der Waals surface area contributed by atoms with Gasteiger partial charge in [-0.05, 0) is 38.2 Å². The largest absolute Gasteiger partial charge is 0.464 e. The maximum absolute atomic E-state index is 10.7. The average Bonchev–Trinajstić information content (AvgIpc) is 2.71. The van der Waals surface area contributed by atoms with Crippen LogP contribution in [-0.2, 0) is 16.0 Å². The highest BCUT2D eigenvalue weighted by Crippen LogP contribution is 2.30. The summed E-state index contributed by atoms with van der Waals surface area (Å²) in [7, 11) is 0. The second-order valence-corrected chi connectivity index (χ2v) is 5.29. The summed E-state index contributed by atoms with van der Waals surface area (Å²) in [6.45, 7) is 4.62. The van der Waals surface area contributed by atoms with Crippen molar-refractivity contribution in [3.05, 3.63) is 17.0 Å². The minimum Gasteiger partial charge on any atom is -0.464 e. The number of nitrogens with zero attached hydrogens (tertiary/aromatic N) is 1. The second-order valence-electron chi connectivity index (χ2n) is 5.29. The number of aryl methyl sites for hydroxylation is 2. The van der Waals surface area contributed by atoms with Crippen molar-refractivity contribution in [1.29, 1.82) is 0 Å². The molecule has 1 unspecified atom stereocenters. The van der Waals surface area contributed by atoms with Crippen molar-refractivity contribution in [2.24, 2.45) is 5.92 Å². The van der Waals surface area contributed by atoms with Crippen molar-refractivity contribution in [1.82, 2.24) is 10.2 Å². The Morgan fingerprint density at radius 2 is 2.11 bits per heavy atom. The fourth-order valence-electron chi connectivity index (χ4n) is 2.98. The summed E-state index contributed by atoms with van der Waals surface area (Å²) in [5, 5.41) is 7.20. The average molecular weight is 250 g/mol. The lowest BCUT2D eigenvalue weighted by Gasteiger charge is -2.28. The summed E-state index contributed by atoms with van der Waals surface area (Å²) in [5.74, 6) is 0.512. The molecule has 0 radical (unpaired) electrons. The van der Waals surface area contributed by atoms with Crippen LogP contribution in [0.4, 0.5) is 0 Å². The molecule has 0 saturated heterocycles. The number of ether oxygens (including phenoxy) is 1. The predicted octanol–water partition coefficient (Wildman–Crippen LogP) is 2.69. The zero-order valence-corrected chi connectivity index (χ0v) is 11.2. The minimum absolute atomic E-state index is 0.0119. The third-order valence-corrected chi connectivity index (χ3v) is 4.09. The first kappa shape index (κ1) is 13.1. The Labute approximate surface area is 108 Å². The maximum atomic E-state index is 10.7. The van der Waals surface area contributed by atoms with Gasteiger partial charge in [0.15, 0.2) is 0 Å². The van der Waals surface area contributed by atoms with E-state index in [4.69, 9.17) is 4.74 Å². The van der Waals surface area contributed by atoms with Gasteiger partial charge >= 0.3 is 0 Å². The lowest BCUT2D eigenvalue weighted by atomic mass is 9.83. The fourth-order valence-corrected chi connectivity index (χ4v) is 2.98. The van der Waals surface area contributed by atoms with E-state index in [1.54, 1.807) is 0 Å². The molecule has 0 amide bonds. The normalized spacial score (nSPS) is 18.6. The standard InChI is InChI=1S/C14H22N2O2/c1-10-13(11(2)16-15-10)8-14(18-9-17)12-6-4-3-5-7-12/h9,12,14H,3-8H2,1-2H3,(H,15,16). The topological polar surface area (TPSA) is 55.0 Å². The van der Waals surface area contributed by atoms with Crippen LogP contribution in [0.3, 0.4) is 0 Å². The van der Waals surface area contributed by atoms with Crippen LogP contribution in [0.1, 0.15) is 49.1 Å². The van der Waals surface area contributed by atoms with Gasteiger partial charge in [0.25, 0.3) is 6.47 Å². The highest BCUT2D eigenvalue weighted by Gasteiger charge is 2.26. The lowest BCUT2D eigenvalue weighted by Crippen LogP contribution is -2.28. The van der Waals surface area contributed by atoms with Gasteiger partial charge < -0.3 is 4.74 Å². The van der Waals surface area contributed by atoms with Gasteiger partial charge in [-0.2, -0.15) is 5.10 Å². The van der Waals surface area contributed by atoms with E-state index in [-0.39, 0.29) is 6.10 Å². The minimum atomic E-state index is 0.0119.